The molecule has 1 saturated carbocycles. The summed E-state index contributed by atoms with van der Waals surface area (Å²) in [7, 11) is -3.13. The molecule has 0 aromatic heterocycles. The molecule has 1 aliphatic carbocycles. The zero-order valence-electron chi connectivity index (χ0n) is 24.9. The number of anilines is 1. The Morgan fingerprint density at radius 3 is 2.33 bits per heavy atom. The van der Waals surface area contributed by atoms with E-state index in [9.17, 15) is 31.2 Å². The third-order valence-electron chi connectivity index (χ3n) is 7.73. The van der Waals surface area contributed by atoms with E-state index in [1.807, 2.05) is 0 Å². The lowest BCUT2D eigenvalue weighted by Crippen LogP contribution is -2.53. The first-order valence-corrected chi connectivity index (χ1v) is 16.3. The molecule has 0 aliphatic heterocycles. The minimum absolute atomic E-state index is 0.0424. The van der Waals surface area contributed by atoms with Gasteiger partial charge in [-0.2, -0.15) is 13.2 Å². The Bertz CT molecular complexity index is 1600. The molecular weight excluding hydrogens is 631 g/mol. The smallest absolute Gasteiger partial charge is 0.416 e. The van der Waals surface area contributed by atoms with Crippen molar-refractivity contribution in [2.75, 3.05) is 18.0 Å². The second-order valence-electron chi connectivity index (χ2n) is 10.8. The number of halogens is 4. The Balaban J connectivity index is 1.79. The molecule has 0 radical (unpaired) electrons. The van der Waals surface area contributed by atoms with Crippen LogP contribution in [0.3, 0.4) is 0 Å². The molecule has 4 rings (SSSR count). The fraction of sp³-hybridized carbons (Fsp3) is 0.375. The lowest BCUT2D eigenvalue weighted by molar-refractivity contribution is -0.140. The standard InChI is InChI=1S/C32H35ClF3N3O5S/c1-3-28(31(41)37-24-11-7-8-12-24)38(20-22-10-9-13-25(18-22)44-2)30(40)21-39(45(42,43)26-14-5-4-6-15-26)29-19-23(32(34,35)36)16-17-27(29)33/h4-6,9-10,13-19,24,28H,3,7-8,11-12,20-21H2,1-2H3,(H,37,41)/t28-/m0/s1. The maximum Gasteiger partial charge on any atom is 0.416 e. The van der Waals surface area contributed by atoms with Gasteiger partial charge in [0.15, 0.2) is 0 Å². The fourth-order valence-corrected chi connectivity index (χ4v) is 7.08. The number of carbonyl (C=O) groups is 2. The molecule has 0 bridgehead atoms. The number of rotatable bonds is 12. The minimum atomic E-state index is -4.81. The highest BCUT2D eigenvalue weighted by Crippen LogP contribution is 2.37. The molecular formula is C32H35ClF3N3O5S. The quantitative estimate of drug-likeness (QED) is 0.241. The highest BCUT2D eigenvalue weighted by atomic mass is 35.5. The van der Waals surface area contributed by atoms with Crippen molar-refractivity contribution in [3.05, 3.63) is 88.9 Å². The summed E-state index contributed by atoms with van der Waals surface area (Å²) in [5.74, 6) is -0.693. The molecule has 1 aliphatic rings. The monoisotopic (exact) mass is 665 g/mol. The number of nitrogens with one attached hydrogen (secondary N) is 1. The first kappa shape index (κ1) is 34.1. The molecule has 2 amide bonds. The Kier molecular flexibility index (Phi) is 11.0. The number of carbonyl (C=O) groups excluding carboxylic acids is 2. The summed E-state index contributed by atoms with van der Waals surface area (Å²) in [6.45, 7) is 0.713. The van der Waals surface area contributed by atoms with Crippen LogP contribution in [0.1, 0.15) is 50.2 Å². The molecule has 0 heterocycles. The van der Waals surface area contributed by atoms with Gasteiger partial charge in [-0.3, -0.25) is 13.9 Å². The van der Waals surface area contributed by atoms with Gasteiger partial charge >= 0.3 is 6.18 Å². The Morgan fingerprint density at radius 1 is 1.02 bits per heavy atom. The van der Waals surface area contributed by atoms with Gasteiger partial charge in [0, 0.05) is 12.6 Å². The zero-order chi connectivity index (χ0) is 32.8. The molecule has 0 saturated heterocycles. The molecule has 8 nitrogen and oxygen atoms in total. The lowest BCUT2D eigenvalue weighted by Gasteiger charge is -2.34. The first-order valence-electron chi connectivity index (χ1n) is 14.5. The van der Waals surface area contributed by atoms with Crippen molar-refractivity contribution in [2.24, 2.45) is 0 Å². The van der Waals surface area contributed by atoms with E-state index in [0.29, 0.717) is 21.7 Å². The van der Waals surface area contributed by atoms with E-state index in [1.165, 1.54) is 36.3 Å². The first-order chi connectivity index (χ1) is 21.3. The SMILES string of the molecule is CC[C@@H](C(=O)NC1CCCC1)N(Cc1cccc(OC)c1)C(=O)CN(c1cc(C(F)(F)F)ccc1Cl)S(=O)(=O)c1ccccc1. The Morgan fingerprint density at radius 2 is 1.71 bits per heavy atom. The summed E-state index contributed by atoms with van der Waals surface area (Å²) < 4.78 is 75.1. The second-order valence-corrected chi connectivity index (χ2v) is 13.0. The van der Waals surface area contributed by atoms with Crippen molar-refractivity contribution < 1.29 is 35.9 Å². The van der Waals surface area contributed by atoms with Crippen LogP contribution in [0.4, 0.5) is 18.9 Å². The molecule has 0 unspecified atom stereocenters. The number of amides is 2. The van der Waals surface area contributed by atoms with Crippen molar-refractivity contribution in [1.82, 2.24) is 10.2 Å². The molecule has 1 atom stereocenters. The van der Waals surface area contributed by atoms with Crippen molar-refractivity contribution in [1.29, 1.82) is 0 Å². The summed E-state index contributed by atoms with van der Waals surface area (Å²) in [4.78, 5) is 28.8. The van der Waals surface area contributed by atoms with Crippen LogP contribution in [0.2, 0.25) is 5.02 Å². The van der Waals surface area contributed by atoms with E-state index in [4.69, 9.17) is 16.3 Å². The molecule has 1 N–H and O–H groups in total. The molecule has 3 aromatic rings. The summed E-state index contributed by atoms with van der Waals surface area (Å²) >= 11 is 6.32. The predicted molar refractivity (Wildman–Crippen MR) is 165 cm³/mol. The highest BCUT2D eigenvalue weighted by molar-refractivity contribution is 7.92. The summed E-state index contributed by atoms with van der Waals surface area (Å²) in [5, 5.41) is 2.71. The Labute approximate surface area is 266 Å². The van der Waals surface area contributed by atoms with Crippen molar-refractivity contribution in [3.63, 3.8) is 0 Å². The van der Waals surface area contributed by atoms with E-state index in [2.05, 4.69) is 5.32 Å². The maximum absolute atomic E-state index is 14.2. The van der Waals surface area contributed by atoms with Gasteiger partial charge in [-0.05, 0) is 67.3 Å². The van der Waals surface area contributed by atoms with Crippen molar-refractivity contribution in [2.45, 2.75) is 68.7 Å². The topological polar surface area (TPSA) is 96.0 Å². The number of sulfonamides is 1. The lowest BCUT2D eigenvalue weighted by atomic mass is 10.1. The number of methoxy groups -OCH3 is 1. The molecule has 3 aromatic carbocycles. The van der Waals surface area contributed by atoms with Crippen LogP contribution in [0.25, 0.3) is 0 Å². The highest BCUT2D eigenvalue weighted by Gasteiger charge is 2.37. The van der Waals surface area contributed by atoms with Gasteiger partial charge in [0.05, 0.1) is 28.3 Å². The van der Waals surface area contributed by atoms with Gasteiger partial charge in [-0.25, -0.2) is 8.42 Å². The number of hydrogen-bond donors (Lipinski definition) is 1. The van der Waals surface area contributed by atoms with Gasteiger partial charge in [0.25, 0.3) is 10.0 Å². The van der Waals surface area contributed by atoms with Gasteiger partial charge in [0.1, 0.15) is 18.3 Å². The van der Waals surface area contributed by atoms with Crippen LogP contribution < -0.4 is 14.4 Å². The number of benzene rings is 3. The van der Waals surface area contributed by atoms with E-state index in [0.717, 1.165) is 37.8 Å². The number of alkyl halides is 3. The van der Waals surface area contributed by atoms with E-state index in [-0.39, 0.29) is 28.9 Å². The molecule has 0 spiro atoms. The summed E-state index contributed by atoms with van der Waals surface area (Å²) in [6.07, 6.45) is -1.05. The van der Waals surface area contributed by atoms with Gasteiger partial charge < -0.3 is 15.0 Å². The van der Waals surface area contributed by atoms with Crippen LogP contribution in [-0.4, -0.2) is 50.9 Å². The number of nitrogens with zero attached hydrogens (tertiary/aromatic N) is 2. The molecule has 1 fully saturated rings. The number of ether oxygens (including phenoxy) is 1. The predicted octanol–water partition coefficient (Wildman–Crippen LogP) is 6.43. The summed E-state index contributed by atoms with van der Waals surface area (Å²) in [6, 6.07) is 15.1. The largest absolute Gasteiger partial charge is 0.497 e. The Hall–Kier alpha value is -3.77. The normalized spacial score (nSPS) is 14.5. The van der Waals surface area contributed by atoms with Crippen LogP contribution in [0, 0.1) is 0 Å². The second kappa shape index (κ2) is 14.6. The van der Waals surface area contributed by atoms with E-state index in [1.54, 1.807) is 37.3 Å². The van der Waals surface area contributed by atoms with Crippen molar-refractivity contribution in [3.8, 4) is 5.75 Å². The number of hydrogen-bond acceptors (Lipinski definition) is 5. The minimum Gasteiger partial charge on any atom is -0.497 e. The van der Waals surface area contributed by atoms with Crippen LogP contribution >= 0.6 is 11.6 Å². The average molecular weight is 666 g/mol. The molecule has 45 heavy (non-hydrogen) atoms. The molecule has 242 valence electrons. The summed E-state index contributed by atoms with van der Waals surface area (Å²) in [5.41, 5.74) is -1.06. The van der Waals surface area contributed by atoms with E-state index >= 15 is 0 Å². The van der Waals surface area contributed by atoms with Crippen LogP contribution in [-0.2, 0) is 32.3 Å². The van der Waals surface area contributed by atoms with Crippen LogP contribution in [0.5, 0.6) is 5.75 Å². The van der Waals surface area contributed by atoms with Crippen LogP contribution in [0.15, 0.2) is 77.7 Å². The van der Waals surface area contributed by atoms with Gasteiger partial charge in [-0.15, -0.1) is 0 Å². The third-order valence-corrected chi connectivity index (χ3v) is 9.82. The molecule has 13 heteroatoms. The zero-order valence-corrected chi connectivity index (χ0v) is 26.5. The van der Waals surface area contributed by atoms with E-state index < -0.39 is 51.9 Å². The van der Waals surface area contributed by atoms with Crippen molar-refractivity contribution >= 4 is 39.1 Å². The fourth-order valence-electron chi connectivity index (χ4n) is 5.37. The maximum atomic E-state index is 14.2. The van der Waals surface area contributed by atoms with Gasteiger partial charge in [0.2, 0.25) is 11.8 Å². The average Bonchev–Trinajstić information content (AvgIpc) is 3.53. The van der Waals surface area contributed by atoms with Gasteiger partial charge in [-0.1, -0.05) is 61.7 Å². The third kappa shape index (κ3) is 8.29.